The molecule has 0 spiro atoms. The summed E-state index contributed by atoms with van der Waals surface area (Å²) in [6, 6.07) is 16.7. The number of nitrogens with one attached hydrogen (secondary N) is 1. The van der Waals surface area contributed by atoms with E-state index in [9.17, 15) is 9.59 Å². The fourth-order valence-corrected chi connectivity index (χ4v) is 3.67. The Hall–Kier alpha value is -2.93. The van der Waals surface area contributed by atoms with Gasteiger partial charge in [0.25, 0.3) is 5.91 Å². The second kappa shape index (κ2) is 10.2. The third-order valence-electron chi connectivity index (χ3n) is 5.00. The average Bonchev–Trinajstić information content (AvgIpc) is 2.96. The van der Waals surface area contributed by atoms with Crippen molar-refractivity contribution < 1.29 is 14.3 Å². The largest absolute Gasteiger partial charge is 0.494 e. The molecule has 1 atom stereocenters. The molecule has 1 heterocycles. The first kappa shape index (κ1) is 21.8. The van der Waals surface area contributed by atoms with Crippen LogP contribution in [0.1, 0.15) is 25.3 Å². The minimum atomic E-state index is -0.585. The Labute approximate surface area is 182 Å². The van der Waals surface area contributed by atoms with Crippen LogP contribution in [0.5, 0.6) is 5.75 Å². The van der Waals surface area contributed by atoms with Gasteiger partial charge in [0, 0.05) is 19.3 Å². The zero-order valence-corrected chi connectivity index (χ0v) is 18.2. The zero-order valence-electron chi connectivity index (χ0n) is 17.3. The molecule has 1 N–H and O–H groups in total. The average molecular weight is 426 g/mol. The molecule has 2 aromatic carbocycles. The summed E-state index contributed by atoms with van der Waals surface area (Å²) < 4.78 is 5.55. The highest BCUT2D eigenvalue weighted by Gasteiger charge is 2.41. The summed E-state index contributed by atoms with van der Waals surface area (Å²) in [5.74, 6) is 0.393. The number of likely N-dealkylation sites (N-methyl/N-ethyl adjacent to an activating group) is 1. The van der Waals surface area contributed by atoms with Gasteiger partial charge in [-0.3, -0.25) is 14.5 Å². The highest BCUT2D eigenvalue weighted by Crippen LogP contribution is 2.21. The highest BCUT2D eigenvalue weighted by molar-refractivity contribution is 7.80. The molecule has 0 aromatic heterocycles. The van der Waals surface area contributed by atoms with Crippen molar-refractivity contribution in [3.63, 3.8) is 0 Å². The fraction of sp³-hybridized carbons (Fsp3) is 0.348. The van der Waals surface area contributed by atoms with Gasteiger partial charge < -0.3 is 15.0 Å². The van der Waals surface area contributed by atoms with E-state index in [4.69, 9.17) is 17.0 Å². The number of benzene rings is 2. The Kier molecular flexibility index (Phi) is 7.41. The first-order valence-electron chi connectivity index (χ1n) is 10.1. The number of hydrogen-bond acceptors (Lipinski definition) is 4. The first-order chi connectivity index (χ1) is 14.5. The maximum atomic E-state index is 12.7. The molecule has 0 saturated carbocycles. The van der Waals surface area contributed by atoms with Crippen molar-refractivity contribution in [2.24, 2.45) is 0 Å². The van der Waals surface area contributed by atoms with Crippen LogP contribution in [0.4, 0.5) is 5.69 Å². The van der Waals surface area contributed by atoms with Crippen molar-refractivity contribution in [2.75, 3.05) is 25.5 Å². The van der Waals surface area contributed by atoms with Crippen LogP contribution >= 0.6 is 12.2 Å². The van der Waals surface area contributed by atoms with E-state index < -0.39 is 6.04 Å². The van der Waals surface area contributed by atoms with E-state index in [0.29, 0.717) is 24.0 Å². The van der Waals surface area contributed by atoms with E-state index in [1.807, 2.05) is 54.3 Å². The molecule has 1 aliphatic heterocycles. The van der Waals surface area contributed by atoms with Crippen LogP contribution in [0, 0.1) is 0 Å². The first-order valence-corrected chi connectivity index (χ1v) is 10.5. The smallest absolute Gasteiger partial charge is 0.251 e. The van der Waals surface area contributed by atoms with Crippen LogP contribution in [0.2, 0.25) is 0 Å². The number of amides is 2. The summed E-state index contributed by atoms with van der Waals surface area (Å²) in [7, 11) is 1.66. The minimum absolute atomic E-state index is 0.0478. The van der Waals surface area contributed by atoms with Crippen molar-refractivity contribution in [1.29, 1.82) is 0 Å². The second-order valence-electron chi connectivity index (χ2n) is 7.25. The predicted molar refractivity (Wildman–Crippen MR) is 121 cm³/mol. The predicted octanol–water partition coefficient (Wildman–Crippen LogP) is 3.47. The van der Waals surface area contributed by atoms with Gasteiger partial charge >= 0.3 is 0 Å². The molecular weight excluding hydrogens is 398 g/mol. The lowest BCUT2D eigenvalue weighted by molar-refractivity contribution is -0.130. The van der Waals surface area contributed by atoms with E-state index >= 15 is 0 Å². The number of thiocarbonyl (C=S) groups is 1. The molecule has 158 valence electrons. The third kappa shape index (κ3) is 5.36. The summed E-state index contributed by atoms with van der Waals surface area (Å²) >= 11 is 5.45. The molecular formula is C23H27N3O3S. The van der Waals surface area contributed by atoms with E-state index in [0.717, 1.165) is 24.2 Å². The van der Waals surface area contributed by atoms with Crippen LogP contribution in [-0.2, 0) is 16.0 Å². The summed E-state index contributed by atoms with van der Waals surface area (Å²) in [5.41, 5.74) is 1.83. The van der Waals surface area contributed by atoms with Gasteiger partial charge in [-0.05, 0) is 54.9 Å². The minimum Gasteiger partial charge on any atom is -0.494 e. The Morgan fingerprint density at radius 2 is 1.83 bits per heavy atom. The van der Waals surface area contributed by atoms with E-state index in [1.54, 1.807) is 19.2 Å². The van der Waals surface area contributed by atoms with Gasteiger partial charge in [-0.2, -0.15) is 0 Å². The molecule has 3 rings (SSSR count). The molecule has 2 amide bonds. The summed E-state index contributed by atoms with van der Waals surface area (Å²) in [5, 5.41) is 3.33. The van der Waals surface area contributed by atoms with Crippen molar-refractivity contribution in [2.45, 2.75) is 32.2 Å². The normalized spacial score (nSPS) is 16.1. The Morgan fingerprint density at radius 3 is 2.50 bits per heavy atom. The number of ether oxygens (including phenoxy) is 1. The van der Waals surface area contributed by atoms with Gasteiger partial charge in [-0.25, -0.2) is 0 Å². The van der Waals surface area contributed by atoms with Gasteiger partial charge in [0.15, 0.2) is 5.11 Å². The van der Waals surface area contributed by atoms with Gasteiger partial charge in [-0.1, -0.05) is 37.3 Å². The van der Waals surface area contributed by atoms with Crippen molar-refractivity contribution in [3.8, 4) is 5.75 Å². The number of carbonyl (C=O) groups is 2. The van der Waals surface area contributed by atoms with Crippen LogP contribution in [-0.4, -0.2) is 53.0 Å². The molecule has 0 bridgehead atoms. The third-order valence-corrected chi connectivity index (χ3v) is 5.51. The quantitative estimate of drug-likeness (QED) is 0.624. The molecule has 1 unspecified atom stereocenters. The Bertz CT molecular complexity index is 886. The SMILES string of the molecule is CCCOc1ccc(NC(=O)CC2C(=O)N(C)C(=S)N2CCc2ccccc2)cc1. The topological polar surface area (TPSA) is 61.9 Å². The molecule has 7 heteroatoms. The van der Waals surface area contributed by atoms with Gasteiger partial charge in [0.1, 0.15) is 11.8 Å². The van der Waals surface area contributed by atoms with E-state index in [-0.39, 0.29) is 18.2 Å². The number of nitrogens with zero attached hydrogens (tertiary/aromatic N) is 2. The monoisotopic (exact) mass is 425 g/mol. The van der Waals surface area contributed by atoms with Crippen LogP contribution in [0.25, 0.3) is 0 Å². The van der Waals surface area contributed by atoms with Gasteiger partial charge in [-0.15, -0.1) is 0 Å². The lowest BCUT2D eigenvalue weighted by Crippen LogP contribution is -2.39. The molecule has 1 fully saturated rings. The Morgan fingerprint density at radius 1 is 1.13 bits per heavy atom. The lowest BCUT2D eigenvalue weighted by atomic mass is 10.1. The van der Waals surface area contributed by atoms with E-state index in [2.05, 4.69) is 5.32 Å². The van der Waals surface area contributed by atoms with E-state index in [1.165, 1.54) is 4.90 Å². The maximum Gasteiger partial charge on any atom is 0.251 e. The van der Waals surface area contributed by atoms with Crippen LogP contribution < -0.4 is 10.1 Å². The number of carbonyl (C=O) groups excluding carboxylic acids is 2. The molecule has 1 saturated heterocycles. The number of anilines is 1. The van der Waals surface area contributed by atoms with Gasteiger partial charge in [0.2, 0.25) is 5.91 Å². The molecule has 0 radical (unpaired) electrons. The second-order valence-corrected chi connectivity index (χ2v) is 7.61. The molecule has 30 heavy (non-hydrogen) atoms. The van der Waals surface area contributed by atoms with Crippen LogP contribution in [0.15, 0.2) is 54.6 Å². The molecule has 6 nitrogen and oxygen atoms in total. The highest BCUT2D eigenvalue weighted by atomic mass is 32.1. The molecule has 0 aliphatic carbocycles. The van der Waals surface area contributed by atoms with Crippen molar-refractivity contribution in [1.82, 2.24) is 9.80 Å². The Balaban J connectivity index is 1.61. The summed E-state index contributed by atoms with van der Waals surface area (Å²) in [6.45, 7) is 3.28. The fourth-order valence-electron chi connectivity index (χ4n) is 3.36. The van der Waals surface area contributed by atoms with Crippen molar-refractivity contribution in [3.05, 3.63) is 60.2 Å². The summed E-state index contributed by atoms with van der Waals surface area (Å²) in [6.07, 6.45) is 1.73. The zero-order chi connectivity index (χ0) is 21.5. The number of hydrogen-bond donors (Lipinski definition) is 1. The molecule has 2 aromatic rings. The lowest BCUT2D eigenvalue weighted by Gasteiger charge is -2.23. The van der Waals surface area contributed by atoms with Crippen LogP contribution in [0.3, 0.4) is 0 Å². The van der Waals surface area contributed by atoms with Crippen molar-refractivity contribution >= 4 is 34.8 Å². The number of rotatable bonds is 9. The summed E-state index contributed by atoms with van der Waals surface area (Å²) in [4.78, 5) is 28.6. The molecule has 1 aliphatic rings. The van der Waals surface area contributed by atoms with Gasteiger partial charge in [0.05, 0.1) is 13.0 Å². The standard InChI is InChI=1S/C23H27N3O3S/c1-3-15-29-19-11-9-18(10-12-19)24-21(27)16-20-22(28)25(2)23(30)26(20)14-13-17-7-5-4-6-8-17/h4-12,20H,3,13-16H2,1-2H3,(H,24,27). The maximum absolute atomic E-state index is 12.7.